The van der Waals surface area contributed by atoms with Crippen LogP contribution in [0.4, 0.5) is 17.3 Å². The van der Waals surface area contributed by atoms with Crippen LogP contribution in [-0.4, -0.2) is 29.0 Å². The summed E-state index contributed by atoms with van der Waals surface area (Å²) in [5.74, 6) is 1.71. The number of nitrogens with one attached hydrogen (secondary N) is 1. The molecule has 1 saturated heterocycles. The van der Waals surface area contributed by atoms with Gasteiger partial charge in [-0.3, -0.25) is 10.1 Å². The van der Waals surface area contributed by atoms with Gasteiger partial charge in [-0.2, -0.15) is 0 Å². The Morgan fingerprint density at radius 1 is 1.50 bits per heavy atom. The molecule has 2 atom stereocenters. The van der Waals surface area contributed by atoms with E-state index in [1.165, 1.54) is 6.42 Å². The molecule has 6 nitrogen and oxygen atoms in total. The van der Waals surface area contributed by atoms with Gasteiger partial charge in [0.1, 0.15) is 5.82 Å². The van der Waals surface area contributed by atoms with Crippen LogP contribution >= 0.6 is 0 Å². The Morgan fingerprint density at radius 2 is 2.25 bits per heavy atom. The first-order valence-electron chi connectivity index (χ1n) is 7.20. The maximum absolute atomic E-state index is 11.2. The fourth-order valence-corrected chi connectivity index (χ4v) is 2.71. The van der Waals surface area contributed by atoms with Crippen molar-refractivity contribution >= 4 is 17.3 Å². The second-order valence-corrected chi connectivity index (χ2v) is 5.38. The van der Waals surface area contributed by atoms with Crippen LogP contribution < -0.4 is 10.2 Å². The SMILES string of the molecule is CCNc1ccc([N+](=O)[O-])c(N2CCCC(C)C2C)n1. The summed E-state index contributed by atoms with van der Waals surface area (Å²) in [5.41, 5.74) is 0.0904. The Morgan fingerprint density at radius 3 is 2.90 bits per heavy atom. The zero-order valence-corrected chi connectivity index (χ0v) is 12.3. The molecule has 1 N–H and O–H groups in total. The van der Waals surface area contributed by atoms with Crippen molar-refractivity contribution in [2.75, 3.05) is 23.3 Å². The molecule has 0 amide bonds. The van der Waals surface area contributed by atoms with Crippen LogP contribution in [0.25, 0.3) is 0 Å². The van der Waals surface area contributed by atoms with Gasteiger partial charge in [0.2, 0.25) is 5.82 Å². The van der Waals surface area contributed by atoms with Crippen LogP contribution in [0.2, 0.25) is 0 Å². The van der Waals surface area contributed by atoms with Gasteiger partial charge >= 0.3 is 5.69 Å². The molecule has 0 aliphatic carbocycles. The molecule has 0 aromatic carbocycles. The van der Waals surface area contributed by atoms with E-state index < -0.39 is 0 Å². The predicted octanol–water partition coefficient (Wildman–Crippen LogP) is 3.05. The number of pyridine rings is 1. The molecular weight excluding hydrogens is 256 g/mol. The average molecular weight is 278 g/mol. The van der Waals surface area contributed by atoms with Crippen LogP contribution in [-0.2, 0) is 0 Å². The van der Waals surface area contributed by atoms with Crippen LogP contribution in [0.5, 0.6) is 0 Å². The molecule has 1 fully saturated rings. The molecule has 1 aliphatic rings. The summed E-state index contributed by atoms with van der Waals surface area (Å²) < 4.78 is 0. The Labute approximate surface area is 119 Å². The van der Waals surface area contributed by atoms with E-state index in [-0.39, 0.29) is 16.7 Å². The first-order valence-corrected chi connectivity index (χ1v) is 7.20. The fourth-order valence-electron chi connectivity index (χ4n) is 2.71. The summed E-state index contributed by atoms with van der Waals surface area (Å²) in [7, 11) is 0. The minimum absolute atomic E-state index is 0.0904. The topological polar surface area (TPSA) is 71.3 Å². The average Bonchev–Trinajstić information content (AvgIpc) is 2.42. The lowest BCUT2D eigenvalue weighted by molar-refractivity contribution is -0.384. The van der Waals surface area contributed by atoms with Gasteiger partial charge in [-0.25, -0.2) is 4.98 Å². The maximum atomic E-state index is 11.2. The zero-order valence-electron chi connectivity index (χ0n) is 12.3. The van der Waals surface area contributed by atoms with Gasteiger partial charge < -0.3 is 10.2 Å². The van der Waals surface area contributed by atoms with Crippen molar-refractivity contribution in [3.63, 3.8) is 0 Å². The summed E-state index contributed by atoms with van der Waals surface area (Å²) in [5, 5.41) is 14.4. The molecule has 20 heavy (non-hydrogen) atoms. The van der Waals surface area contributed by atoms with Crippen molar-refractivity contribution < 1.29 is 4.92 Å². The number of nitrogens with zero attached hydrogens (tertiary/aromatic N) is 3. The molecule has 0 spiro atoms. The van der Waals surface area contributed by atoms with E-state index in [1.807, 2.05) is 6.92 Å². The number of piperidine rings is 1. The van der Waals surface area contributed by atoms with Gasteiger partial charge in [-0.1, -0.05) is 6.92 Å². The van der Waals surface area contributed by atoms with Crippen LogP contribution in [0.3, 0.4) is 0 Å². The highest BCUT2D eigenvalue weighted by Gasteiger charge is 2.30. The van der Waals surface area contributed by atoms with Gasteiger partial charge in [-0.05, 0) is 38.7 Å². The quantitative estimate of drug-likeness (QED) is 0.677. The minimum Gasteiger partial charge on any atom is -0.370 e. The molecule has 2 heterocycles. The van der Waals surface area contributed by atoms with E-state index in [4.69, 9.17) is 0 Å². The maximum Gasteiger partial charge on any atom is 0.311 e. The predicted molar refractivity (Wildman–Crippen MR) is 80.3 cm³/mol. The molecule has 1 aromatic rings. The number of rotatable bonds is 4. The number of aromatic nitrogens is 1. The van der Waals surface area contributed by atoms with Gasteiger partial charge in [0.15, 0.2) is 0 Å². The van der Waals surface area contributed by atoms with Gasteiger partial charge in [-0.15, -0.1) is 0 Å². The van der Waals surface area contributed by atoms with Crippen LogP contribution in [0, 0.1) is 16.0 Å². The molecule has 0 radical (unpaired) electrons. The van der Waals surface area contributed by atoms with E-state index in [0.29, 0.717) is 17.6 Å². The Kier molecular flexibility index (Phi) is 4.42. The monoisotopic (exact) mass is 278 g/mol. The summed E-state index contributed by atoms with van der Waals surface area (Å²) in [6.45, 7) is 7.87. The van der Waals surface area contributed by atoms with E-state index >= 15 is 0 Å². The Bertz CT molecular complexity index is 492. The Balaban J connectivity index is 2.40. The van der Waals surface area contributed by atoms with Crippen molar-refractivity contribution in [1.82, 2.24) is 4.98 Å². The standard InChI is InChI=1S/C14H22N4O2/c1-4-15-13-8-7-12(18(19)20)14(16-13)17-9-5-6-10(2)11(17)3/h7-8,10-11H,4-6,9H2,1-3H3,(H,15,16). The van der Waals surface area contributed by atoms with E-state index in [9.17, 15) is 10.1 Å². The van der Waals surface area contributed by atoms with Crippen LogP contribution in [0.15, 0.2) is 12.1 Å². The van der Waals surface area contributed by atoms with Gasteiger partial charge in [0.05, 0.1) is 4.92 Å². The first-order chi connectivity index (χ1) is 9.54. The van der Waals surface area contributed by atoms with E-state index in [2.05, 4.69) is 29.0 Å². The molecule has 2 unspecified atom stereocenters. The van der Waals surface area contributed by atoms with E-state index in [0.717, 1.165) is 19.5 Å². The van der Waals surface area contributed by atoms with Gasteiger partial charge in [0, 0.05) is 25.2 Å². The summed E-state index contributed by atoms with van der Waals surface area (Å²) in [4.78, 5) is 17.4. The third-order valence-corrected chi connectivity index (χ3v) is 4.05. The highest BCUT2D eigenvalue weighted by molar-refractivity contribution is 5.62. The van der Waals surface area contributed by atoms with Crippen molar-refractivity contribution in [3.8, 4) is 0 Å². The fraction of sp³-hybridized carbons (Fsp3) is 0.643. The molecule has 6 heteroatoms. The largest absolute Gasteiger partial charge is 0.370 e. The molecular formula is C14H22N4O2. The number of nitro groups is 1. The lowest BCUT2D eigenvalue weighted by atomic mass is 9.92. The van der Waals surface area contributed by atoms with Crippen LogP contribution in [0.1, 0.15) is 33.6 Å². The summed E-state index contributed by atoms with van der Waals surface area (Å²) in [6, 6.07) is 3.49. The third-order valence-electron chi connectivity index (χ3n) is 4.05. The second kappa shape index (κ2) is 6.07. The molecule has 1 aromatic heterocycles. The zero-order chi connectivity index (χ0) is 14.7. The Hall–Kier alpha value is -1.85. The summed E-state index contributed by atoms with van der Waals surface area (Å²) >= 11 is 0. The van der Waals surface area contributed by atoms with Crippen molar-refractivity contribution in [2.24, 2.45) is 5.92 Å². The lowest BCUT2D eigenvalue weighted by Crippen LogP contribution is -2.43. The van der Waals surface area contributed by atoms with Crippen molar-refractivity contribution in [3.05, 3.63) is 22.2 Å². The highest BCUT2D eigenvalue weighted by Crippen LogP contribution is 2.34. The lowest BCUT2D eigenvalue weighted by Gasteiger charge is -2.38. The number of anilines is 2. The van der Waals surface area contributed by atoms with Gasteiger partial charge in [0.25, 0.3) is 0 Å². The number of hydrogen-bond acceptors (Lipinski definition) is 5. The molecule has 1 aliphatic heterocycles. The minimum atomic E-state index is -0.343. The first kappa shape index (κ1) is 14.6. The van der Waals surface area contributed by atoms with Crippen molar-refractivity contribution in [1.29, 1.82) is 0 Å². The molecule has 0 saturated carbocycles. The molecule has 110 valence electrons. The highest BCUT2D eigenvalue weighted by atomic mass is 16.6. The van der Waals surface area contributed by atoms with E-state index in [1.54, 1.807) is 12.1 Å². The molecule has 0 bridgehead atoms. The second-order valence-electron chi connectivity index (χ2n) is 5.38. The number of hydrogen-bond donors (Lipinski definition) is 1. The molecule has 2 rings (SSSR count). The normalized spacial score (nSPS) is 22.6. The third kappa shape index (κ3) is 2.84. The smallest absolute Gasteiger partial charge is 0.311 e. The summed E-state index contributed by atoms with van der Waals surface area (Å²) in [6.07, 6.45) is 2.22. The van der Waals surface area contributed by atoms with Crippen molar-refractivity contribution in [2.45, 2.75) is 39.7 Å².